The number of benzene rings is 2. The summed E-state index contributed by atoms with van der Waals surface area (Å²) in [5, 5.41) is 0. The fraction of sp³-hybridized carbons (Fsp3) is 0.263. The molecule has 0 saturated carbocycles. The molecule has 0 aliphatic heterocycles. The maximum atomic E-state index is 13.2. The van der Waals surface area contributed by atoms with Gasteiger partial charge in [-0.15, -0.1) is 0 Å². The number of methoxy groups -OCH3 is 1. The Hall–Kier alpha value is -2.94. The highest BCUT2D eigenvalue weighted by atomic mass is 32.2. The summed E-state index contributed by atoms with van der Waals surface area (Å²) in [4.78, 5) is 23.5. The Bertz CT molecular complexity index is 972. The molecule has 0 saturated heterocycles. The SMILES string of the molecule is CCOC(=O)c1ccc(N(CC(=O)OC)S(=O)(=O)c2ccc(F)cc2)c(C)c1. The first-order valence-electron chi connectivity index (χ1n) is 8.33. The van der Waals surface area contributed by atoms with Gasteiger partial charge in [0.05, 0.1) is 29.9 Å². The molecule has 0 unspecified atom stereocenters. The summed E-state index contributed by atoms with van der Waals surface area (Å²) in [5.74, 6) is -1.91. The van der Waals surface area contributed by atoms with E-state index in [1.54, 1.807) is 13.8 Å². The van der Waals surface area contributed by atoms with E-state index in [-0.39, 0.29) is 22.8 Å². The van der Waals surface area contributed by atoms with Gasteiger partial charge in [0.1, 0.15) is 12.4 Å². The molecule has 0 aromatic heterocycles. The smallest absolute Gasteiger partial charge is 0.338 e. The van der Waals surface area contributed by atoms with E-state index in [0.29, 0.717) is 5.56 Å². The van der Waals surface area contributed by atoms with Crippen molar-refractivity contribution in [1.82, 2.24) is 0 Å². The van der Waals surface area contributed by atoms with Gasteiger partial charge in [-0.25, -0.2) is 17.6 Å². The second-order valence-corrected chi connectivity index (χ2v) is 7.63. The minimum Gasteiger partial charge on any atom is -0.468 e. The van der Waals surface area contributed by atoms with Crippen LogP contribution >= 0.6 is 0 Å². The van der Waals surface area contributed by atoms with Crippen LogP contribution < -0.4 is 4.31 Å². The van der Waals surface area contributed by atoms with Crippen LogP contribution in [0.15, 0.2) is 47.4 Å². The molecule has 28 heavy (non-hydrogen) atoms. The van der Waals surface area contributed by atoms with E-state index in [1.807, 2.05) is 0 Å². The molecule has 0 amide bonds. The molecule has 0 aliphatic carbocycles. The van der Waals surface area contributed by atoms with Crippen molar-refractivity contribution in [3.63, 3.8) is 0 Å². The largest absolute Gasteiger partial charge is 0.468 e. The second-order valence-electron chi connectivity index (χ2n) is 5.76. The first-order valence-corrected chi connectivity index (χ1v) is 9.77. The summed E-state index contributed by atoms with van der Waals surface area (Å²) in [6.07, 6.45) is 0. The summed E-state index contributed by atoms with van der Waals surface area (Å²) >= 11 is 0. The highest BCUT2D eigenvalue weighted by Gasteiger charge is 2.29. The molecule has 2 rings (SSSR count). The van der Waals surface area contributed by atoms with Crippen molar-refractivity contribution in [2.24, 2.45) is 0 Å². The molecule has 7 nitrogen and oxygen atoms in total. The van der Waals surface area contributed by atoms with Gasteiger partial charge >= 0.3 is 11.9 Å². The van der Waals surface area contributed by atoms with Crippen LogP contribution in [0.4, 0.5) is 10.1 Å². The highest BCUT2D eigenvalue weighted by molar-refractivity contribution is 7.92. The average molecular weight is 409 g/mol. The van der Waals surface area contributed by atoms with Crippen molar-refractivity contribution < 1.29 is 31.9 Å². The van der Waals surface area contributed by atoms with Crippen LogP contribution in [0, 0.1) is 12.7 Å². The Balaban J connectivity index is 2.53. The molecule has 150 valence electrons. The first kappa shape index (κ1) is 21.4. The Morgan fingerprint density at radius 3 is 2.29 bits per heavy atom. The van der Waals surface area contributed by atoms with Crippen molar-refractivity contribution in [2.45, 2.75) is 18.7 Å². The van der Waals surface area contributed by atoms with Crippen molar-refractivity contribution in [1.29, 1.82) is 0 Å². The maximum Gasteiger partial charge on any atom is 0.338 e. The summed E-state index contributed by atoms with van der Waals surface area (Å²) in [6.45, 7) is 2.89. The van der Waals surface area contributed by atoms with Gasteiger partial charge in [-0.05, 0) is 61.9 Å². The van der Waals surface area contributed by atoms with Crippen LogP contribution in [0.2, 0.25) is 0 Å². The Morgan fingerprint density at radius 2 is 1.75 bits per heavy atom. The van der Waals surface area contributed by atoms with E-state index in [4.69, 9.17) is 4.74 Å². The number of aryl methyl sites for hydroxylation is 1. The number of anilines is 1. The minimum absolute atomic E-state index is 0.183. The fourth-order valence-electron chi connectivity index (χ4n) is 2.49. The molecule has 2 aromatic rings. The van der Waals surface area contributed by atoms with Gasteiger partial charge in [-0.3, -0.25) is 9.10 Å². The molecule has 0 aliphatic rings. The number of halogens is 1. The standard InChI is InChI=1S/C19H20FNO6S/c1-4-27-19(23)14-5-10-17(13(2)11-14)21(12-18(22)26-3)28(24,25)16-8-6-15(20)7-9-16/h5-11H,4,12H2,1-3H3. The number of carbonyl (C=O) groups excluding carboxylic acids is 2. The third kappa shape index (κ3) is 4.66. The lowest BCUT2D eigenvalue weighted by Gasteiger charge is -2.25. The van der Waals surface area contributed by atoms with E-state index in [1.165, 1.54) is 18.2 Å². The minimum atomic E-state index is -4.19. The number of ether oxygens (including phenoxy) is 2. The topological polar surface area (TPSA) is 90.0 Å². The highest BCUT2D eigenvalue weighted by Crippen LogP contribution is 2.28. The van der Waals surface area contributed by atoms with Gasteiger partial charge in [0.25, 0.3) is 10.0 Å². The van der Waals surface area contributed by atoms with Crippen LogP contribution in [-0.2, 0) is 24.3 Å². The third-order valence-electron chi connectivity index (χ3n) is 3.88. The number of sulfonamides is 1. The van der Waals surface area contributed by atoms with E-state index < -0.39 is 34.3 Å². The lowest BCUT2D eigenvalue weighted by Crippen LogP contribution is -2.36. The van der Waals surface area contributed by atoms with Gasteiger partial charge in [-0.2, -0.15) is 0 Å². The van der Waals surface area contributed by atoms with Crippen molar-refractivity contribution in [3.8, 4) is 0 Å². The molecule has 0 heterocycles. The normalized spacial score (nSPS) is 11.0. The predicted octanol–water partition coefficient (Wildman–Crippen LogP) is 2.68. The fourth-order valence-corrected chi connectivity index (χ4v) is 3.97. The molecule has 2 aromatic carbocycles. The van der Waals surface area contributed by atoms with Crippen LogP contribution in [0.25, 0.3) is 0 Å². The van der Waals surface area contributed by atoms with E-state index >= 15 is 0 Å². The van der Waals surface area contributed by atoms with Crippen LogP contribution in [0.5, 0.6) is 0 Å². The lowest BCUT2D eigenvalue weighted by molar-refractivity contribution is -0.138. The summed E-state index contributed by atoms with van der Waals surface area (Å²) in [7, 11) is -3.05. The van der Waals surface area contributed by atoms with Gasteiger partial charge in [0.2, 0.25) is 0 Å². The summed E-state index contributed by atoms with van der Waals surface area (Å²) in [5.41, 5.74) is 0.864. The molecule has 0 atom stereocenters. The second kappa shape index (κ2) is 8.83. The quantitative estimate of drug-likeness (QED) is 0.653. The first-order chi connectivity index (χ1) is 13.2. The summed E-state index contributed by atoms with van der Waals surface area (Å²) < 4.78 is 49.7. The number of carbonyl (C=O) groups is 2. The van der Waals surface area contributed by atoms with E-state index in [0.717, 1.165) is 35.7 Å². The van der Waals surface area contributed by atoms with E-state index in [2.05, 4.69) is 4.74 Å². The molecular weight excluding hydrogens is 389 g/mol. The van der Waals surface area contributed by atoms with Gasteiger partial charge < -0.3 is 9.47 Å². The number of hydrogen-bond acceptors (Lipinski definition) is 6. The molecule has 0 N–H and O–H groups in total. The van der Waals surface area contributed by atoms with Crippen LogP contribution in [0.3, 0.4) is 0 Å². The molecule has 0 spiro atoms. The molecule has 0 radical (unpaired) electrons. The third-order valence-corrected chi connectivity index (χ3v) is 5.65. The molecule has 0 fully saturated rings. The zero-order valence-electron chi connectivity index (χ0n) is 15.6. The Morgan fingerprint density at radius 1 is 1.11 bits per heavy atom. The monoisotopic (exact) mass is 409 g/mol. The van der Waals surface area contributed by atoms with Crippen molar-refractivity contribution >= 4 is 27.6 Å². The number of hydrogen-bond donors (Lipinski definition) is 0. The molecule has 9 heteroatoms. The summed E-state index contributed by atoms with van der Waals surface area (Å²) in [6, 6.07) is 8.53. The van der Waals surface area contributed by atoms with Gasteiger partial charge in [0, 0.05) is 0 Å². The maximum absolute atomic E-state index is 13.2. The molecule has 0 bridgehead atoms. The zero-order chi connectivity index (χ0) is 20.9. The zero-order valence-corrected chi connectivity index (χ0v) is 16.5. The van der Waals surface area contributed by atoms with Crippen molar-refractivity contribution in [3.05, 3.63) is 59.4 Å². The van der Waals surface area contributed by atoms with Crippen LogP contribution in [-0.4, -0.2) is 40.6 Å². The van der Waals surface area contributed by atoms with Gasteiger partial charge in [0.15, 0.2) is 0 Å². The lowest BCUT2D eigenvalue weighted by atomic mass is 10.1. The number of rotatable bonds is 7. The van der Waals surface area contributed by atoms with Crippen LogP contribution in [0.1, 0.15) is 22.8 Å². The Kier molecular flexibility index (Phi) is 6.74. The Labute approximate surface area is 162 Å². The van der Waals surface area contributed by atoms with E-state index in [9.17, 15) is 22.4 Å². The van der Waals surface area contributed by atoms with Crippen molar-refractivity contribution in [2.75, 3.05) is 24.6 Å². The molecular formula is C19H20FNO6S. The number of nitrogens with zero attached hydrogens (tertiary/aromatic N) is 1. The predicted molar refractivity (Wildman–Crippen MR) is 100 cm³/mol. The van der Waals surface area contributed by atoms with Gasteiger partial charge in [-0.1, -0.05) is 0 Å². The average Bonchev–Trinajstić information content (AvgIpc) is 2.66. The number of esters is 2.